The zero-order chi connectivity index (χ0) is 19.3. The van der Waals surface area contributed by atoms with E-state index in [2.05, 4.69) is 53.2 Å². The number of thiazole rings is 1. The zero-order valence-electron chi connectivity index (χ0n) is 16.0. The first-order chi connectivity index (χ1) is 13.7. The number of nitrogens with zero attached hydrogens (tertiary/aromatic N) is 3. The van der Waals surface area contributed by atoms with E-state index in [1.807, 2.05) is 18.3 Å². The van der Waals surface area contributed by atoms with Crippen LogP contribution in [0.1, 0.15) is 34.4 Å². The molecule has 0 amide bonds. The zero-order valence-corrected chi connectivity index (χ0v) is 16.8. The van der Waals surface area contributed by atoms with E-state index >= 15 is 0 Å². The summed E-state index contributed by atoms with van der Waals surface area (Å²) >= 11 is 1.80. The predicted molar refractivity (Wildman–Crippen MR) is 119 cm³/mol. The lowest BCUT2D eigenvalue weighted by Gasteiger charge is -2.28. The molecule has 5 heteroatoms. The fraction of sp³-hybridized carbons (Fsp3) is 0.217. The monoisotopic (exact) mass is 388 g/mol. The van der Waals surface area contributed by atoms with Crippen LogP contribution in [0.5, 0.6) is 0 Å². The Labute approximate surface area is 170 Å². The Morgan fingerprint density at radius 2 is 1.93 bits per heavy atom. The molecule has 0 aliphatic carbocycles. The number of anilines is 1. The summed E-state index contributed by atoms with van der Waals surface area (Å²) < 4.78 is 0. The number of hydrogen-bond donors (Lipinski definition) is 1. The molecular weight excluding hydrogens is 364 g/mol. The van der Waals surface area contributed by atoms with Crippen molar-refractivity contribution >= 4 is 28.4 Å². The lowest BCUT2D eigenvalue weighted by molar-refractivity contribution is 0.729. The Bertz CT molecular complexity index is 988. The molecule has 1 aliphatic rings. The molecule has 142 valence electrons. The maximum Gasteiger partial charge on any atom is 0.185 e. The normalized spacial score (nSPS) is 15.2. The number of fused-ring (bicyclic) bond motifs is 1. The van der Waals surface area contributed by atoms with Crippen LogP contribution >= 0.6 is 11.3 Å². The van der Waals surface area contributed by atoms with Crippen molar-refractivity contribution in [2.75, 3.05) is 11.4 Å². The van der Waals surface area contributed by atoms with Crippen molar-refractivity contribution in [2.45, 2.75) is 25.8 Å². The average molecular weight is 389 g/mol. The second kappa shape index (κ2) is 8.40. The molecule has 0 bridgehead atoms. The fourth-order valence-corrected chi connectivity index (χ4v) is 4.49. The van der Waals surface area contributed by atoms with Gasteiger partial charge in [0.25, 0.3) is 0 Å². The van der Waals surface area contributed by atoms with Gasteiger partial charge >= 0.3 is 0 Å². The number of hydrogen-bond acceptors (Lipinski definition) is 5. The highest BCUT2D eigenvalue weighted by atomic mass is 32.1. The maximum absolute atomic E-state index is 5.32. The molecule has 0 radical (unpaired) electrons. The summed E-state index contributed by atoms with van der Waals surface area (Å²) in [5.74, 6) is 0.310. The molecule has 0 fully saturated rings. The van der Waals surface area contributed by atoms with Crippen LogP contribution in [-0.2, 0) is 13.0 Å². The summed E-state index contributed by atoms with van der Waals surface area (Å²) in [4.78, 5) is 12.8. The predicted octanol–water partition coefficient (Wildman–Crippen LogP) is 5.03. The first-order valence-electron chi connectivity index (χ1n) is 9.53. The van der Waals surface area contributed by atoms with Gasteiger partial charge in [0.2, 0.25) is 0 Å². The standard InChI is InChI=1S/C23H24N4S/c1-17(18-7-9-21(10-8-18)25-13-4-12-24)22-15-26-23(28-22)27-14-11-19-5-2-3-6-20(19)16-27/h2-10,12-13,15,17H,11,14,16,24H2,1H3. The fourth-order valence-electron chi connectivity index (χ4n) is 3.47. The van der Waals surface area contributed by atoms with Gasteiger partial charge in [0.05, 0.1) is 5.69 Å². The van der Waals surface area contributed by atoms with E-state index in [0.717, 1.165) is 30.3 Å². The van der Waals surface area contributed by atoms with E-state index in [9.17, 15) is 0 Å². The number of nitrogens with two attached hydrogens (primary N) is 1. The Morgan fingerprint density at radius 3 is 2.71 bits per heavy atom. The van der Waals surface area contributed by atoms with E-state index < -0.39 is 0 Å². The molecule has 3 aromatic rings. The van der Waals surface area contributed by atoms with E-state index in [-0.39, 0.29) is 0 Å². The summed E-state index contributed by atoms with van der Waals surface area (Å²) in [7, 11) is 0. The van der Waals surface area contributed by atoms with Gasteiger partial charge < -0.3 is 10.6 Å². The molecule has 1 aliphatic heterocycles. The van der Waals surface area contributed by atoms with Crippen LogP contribution in [0.2, 0.25) is 0 Å². The van der Waals surface area contributed by atoms with E-state index in [1.165, 1.54) is 27.8 Å². The van der Waals surface area contributed by atoms with Crippen LogP contribution < -0.4 is 10.6 Å². The third-order valence-electron chi connectivity index (χ3n) is 5.15. The van der Waals surface area contributed by atoms with Crippen molar-refractivity contribution in [1.82, 2.24) is 4.98 Å². The molecule has 28 heavy (non-hydrogen) atoms. The molecule has 2 aromatic carbocycles. The Kier molecular flexibility index (Phi) is 5.53. The third kappa shape index (κ3) is 3.99. The van der Waals surface area contributed by atoms with Crippen LogP contribution in [0.4, 0.5) is 10.8 Å². The summed E-state index contributed by atoms with van der Waals surface area (Å²) in [6, 6.07) is 17.1. The van der Waals surface area contributed by atoms with Crippen LogP contribution in [0.25, 0.3) is 0 Å². The highest BCUT2D eigenvalue weighted by Crippen LogP contribution is 2.34. The summed E-state index contributed by atoms with van der Waals surface area (Å²) in [5, 5.41) is 1.12. The molecule has 2 heterocycles. The first kappa shape index (κ1) is 18.4. The van der Waals surface area contributed by atoms with Crippen molar-refractivity contribution in [3.05, 3.63) is 88.6 Å². The molecule has 1 aromatic heterocycles. The van der Waals surface area contributed by atoms with Crippen LogP contribution in [0, 0.1) is 0 Å². The Hall–Kier alpha value is -2.92. The van der Waals surface area contributed by atoms with Crippen LogP contribution in [0.3, 0.4) is 0 Å². The van der Waals surface area contributed by atoms with Gasteiger partial charge in [-0.3, -0.25) is 4.99 Å². The highest BCUT2D eigenvalue weighted by Gasteiger charge is 2.20. The number of allylic oxidation sites excluding steroid dienone is 1. The molecule has 1 atom stereocenters. The van der Waals surface area contributed by atoms with Crippen LogP contribution in [0.15, 0.2) is 72.0 Å². The molecular formula is C23H24N4S. The van der Waals surface area contributed by atoms with Crippen LogP contribution in [-0.4, -0.2) is 17.7 Å². The van der Waals surface area contributed by atoms with Gasteiger partial charge in [-0.2, -0.15) is 0 Å². The maximum atomic E-state index is 5.32. The molecule has 4 nitrogen and oxygen atoms in total. The van der Waals surface area contributed by atoms with Gasteiger partial charge in [-0.15, -0.1) is 11.3 Å². The Balaban J connectivity index is 1.47. The minimum absolute atomic E-state index is 0.310. The smallest absolute Gasteiger partial charge is 0.185 e. The molecule has 2 N–H and O–H groups in total. The van der Waals surface area contributed by atoms with Gasteiger partial charge in [0.15, 0.2) is 5.13 Å². The molecule has 0 saturated heterocycles. The summed E-state index contributed by atoms with van der Waals surface area (Å²) in [6.45, 7) is 4.21. The van der Waals surface area contributed by atoms with Gasteiger partial charge in [-0.1, -0.05) is 43.3 Å². The van der Waals surface area contributed by atoms with E-state index in [4.69, 9.17) is 10.7 Å². The highest BCUT2D eigenvalue weighted by molar-refractivity contribution is 7.15. The van der Waals surface area contributed by atoms with Crippen molar-refractivity contribution < 1.29 is 0 Å². The van der Waals surface area contributed by atoms with Gasteiger partial charge in [-0.05, 0) is 47.5 Å². The lowest BCUT2D eigenvalue weighted by atomic mass is 10.00. The van der Waals surface area contributed by atoms with Crippen molar-refractivity contribution in [3.63, 3.8) is 0 Å². The number of benzene rings is 2. The van der Waals surface area contributed by atoms with Gasteiger partial charge in [0, 0.05) is 36.3 Å². The van der Waals surface area contributed by atoms with E-state index in [1.54, 1.807) is 23.6 Å². The second-order valence-corrected chi connectivity index (χ2v) is 8.00. The molecule has 4 rings (SSSR count). The topological polar surface area (TPSA) is 54.5 Å². The van der Waals surface area contributed by atoms with Crippen molar-refractivity contribution in [3.8, 4) is 0 Å². The van der Waals surface area contributed by atoms with E-state index in [0.29, 0.717) is 5.92 Å². The third-order valence-corrected chi connectivity index (χ3v) is 6.39. The largest absolute Gasteiger partial charge is 0.405 e. The second-order valence-electron chi connectivity index (χ2n) is 6.96. The van der Waals surface area contributed by atoms with Crippen molar-refractivity contribution in [1.29, 1.82) is 0 Å². The quantitative estimate of drug-likeness (QED) is 0.624. The average Bonchev–Trinajstić information content (AvgIpc) is 3.24. The minimum atomic E-state index is 0.310. The number of aliphatic imine (C=N–C) groups is 1. The molecule has 0 saturated carbocycles. The molecule has 1 unspecified atom stereocenters. The molecule has 0 spiro atoms. The number of rotatable bonds is 5. The Morgan fingerprint density at radius 1 is 1.14 bits per heavy atom. The summed E-state index contributed by atoms with van der Waals surface area (Å²) in [6.07, 6.45) is 8.01. The SMILES string of the molecule is CC(c1ccc(N=CC=CN)cc1)c1cnc(N2CCc3ccccc3C2)s1. The van der Waals surface area contributed by atoms with Gasteiger partial charge in [0.1, 0.15) is 0 Å². The summed E-state index contributed by atoms with van der Waals surface area (Å²) in [5.41, 5.74) is 10.4. The van der Waals surface area contributed by atoms with Crippen molar-refractivity contribution in [2.24, 2.45) is 10.7 Å². The number of aromatic nitrogens is 1. The lowest BCUT2D eigenvalue weighted by Crippen LogP contribution is -2.30. The minimum Gasteiger partial charge on any atom is -0.405 e. The first-order valence-corrected chi connectivity index (χ1v) is 10.3. The van der Waals surface area contributed by atoms with Gasteiger partial charge in [-0.25, -0.2) is 4.98 Å².